The summed E-state index contributed by atoms with van der Waals surface area (Å²) in [6, 6.07) is 3.43. The van der Waals surface area contributed by atoms with Crippen molar-refractivity contribution in [3.05, 3.63) is 24.0 Å². The molecule has 16 heavy (non-hydrogen) atoms. The Morgan fingerprint density at radius 1 is 1.62 bits per heavy atom. The van der Waals surface area contributed by atoms with E-state index in [0.29, 0.717) is 12.3 Å². The van der Waals surface area contributed by atoms with Gasteiger partial charge in [-0.3, -0.25) is 0 Å². The van der Waals surface area contributed by atoms with Crippen LogP contribution >= 0.6 is 0 Å². The average Bonchev–Trinajstić information content (AvgIpc) is 2.22. The smallest absolute Gasteiger partial charge is 0.328 e. The summed E-state index contributed by atoms with van der Waals surface area (Å²) in [7, 11) is 0. The Bertz CT molecular complexity index is 382. The van der Waals surface area contributed by atoms with Gasteiger partial charge in [0, 0.05) is 0 Å². The highest BCUT2D eigenvalue weighted by molar-refractivity contribution is 5.80. The number of nitrogens with one attached hydrogen (secondary N) is 1. The predicted molar refractivity (Wildman–Crippen MR) is 60.5 cm³/mol. The number of nitrogens with two attached hydrogens (primary N) is 1. The lowest BCUT2D eigenvalue weighted by molar-refractivity contribution is -0.143. The highest BCUT2D eigenvalue weighted by Crippen LogP contribution is 2.19. The van der Waals surface area contributed by atoms with Crippen LogP contribution in [0.3, 0.4) is 0 Å². The maximum Gasteiger partial charge on any atom is 0.328 e. The Morgan fingerprint density at radius 2 is 2.31 bits per heavy atom. The molecule has 1 unspecified atom stereocenters. The molecule has 0 aliphatic rings. The van der Waals surface area contributed by atoms with Gasteiger partial charge in [-0.15, -0.1) is 0 Å². The van der Waals surface area contributed by atoms with Gasteiger partial charge in [0.05, 0.1) is 18.0 Å². The molecule has 1 rings (SSSR count). The minimum Gasteiger partial charge on any atom is -0.464 e. The quantitative estimate of drug-likeness (QED) is 0.606. The minimum atomic E-state index is -0.521. The number of carbonyl (C=O) groups is 1. The molecule has 1 aromatic rings. The van der Waals surface area contributed by atoms with Crippen molar-refractivity contribution in [2.75, 3.05) is 17.7 Å². The Hall–Kier alpha value is -1.78. The second-order valence-electron chi connectivity index (χ2n) is 3.35. The molecule has 1 atom stereocenters. The molecule has 0 radical (unpaired) electrons. The Morgan fingerprint density at radius 3 is 2.88 bits per heavy atom. The molecule has 0 spiro atoms. The first-order valence-corrected chi connectivity index (χ1v) is 5.02. The van der Waals surface area contributed by atoms with Gasteiger partial charge in [0.15, 0.2) is 0 Å². The van der Waals surface area contributed by atoms with Crippen LogP contribution in [0, 0.1) is 5.82 Å². The van der Waals surface area contributed by atoms with Crippen LogP contribution in [0.4, 0.5) is 15.8 Å². The van der Waals surface area contributed by atoms with Crippen molar-refractivity contribution in [1.29, 1.82) is 0 Å². The van der Waals surface area contributed by atoms with Gasteiger partial charge in [-0.2, -0.15) is 0 Å². The van der Waals surface area contributed by atoms with Crippen molar-refractivity contribution >= 4 is 17.3 Å². The summed E-state index contributed by atoms with van der Waals surface area (Å²) in [6.45, 7) is 3.71. The number of carbonyl (C=O) groups excluding carboxylic acids is 1. The van der Waals surface area contributed by atoms with Gasteiger partial charge < -0.3 is 15.8 Å². The summed E-state index contributed by atoms with van der Waals surface area (Å²) < 4.78 is 17.6. The molecule has 0 aliphatic heterocycles. The molecule has 3 N–H and O–H groups in total. The lowest BCUT2D eigenvalue weighted by atomic mass is 10.2. The fourth-order valence-corrected chi connectivity index (χ4v) is 1.22. The van der Waals surface area contributed by atoms with Crippen molar-refractivity contribution in [2.45, 2.75) is 19.9 Å². The van der Waals surface area contributed by atoms with Crippen LogP contribution in [0.25, 0.3) is 0 Å². The Balaban J connectivity index is 2.69. The summed E-state index contributed by atoms with van der Waals surface area (Å²) in [4.78, 5) is 11.3. The van der Waals surface area contributed by atoms with Crippen molar-refractivity contribution < 1.29 is 13.9 Å². The largest absolute Gasteiger partial charge is 0.464 e. The number of esters is 1. The molecule has 0 aromatic heterocycles. The number of ether oxygens (including phenoxy) is 1. The lowest BCUT2D eigenvalue weighted by Crippen LogP contribution is -2.28. The van der Waals surface area contributed by atoms with Gasteiger partial charge in [-0.1, -0.05) is 0 Å². The number of nitrogen functional groups attached to an aromatic ring is 1. The van der Waals surface area contributed by atoms with Crippen molar-refractivity contribution in [2.24, 2.45) is 0 Å². The van der Waals surface area contributed by atoms with Gasteiger partial charge in [0.25, 0.3) is 0 Å². The van der Waals surface area contributed by atoms with Crippen LogP contribution in [0.15, 0.2) is 18.2 Å². The third kappa shape index (κ3) is 3.12. The standard InChI is InChI=1S/C11H15FN2O2/c1-3-16-11(15)7(2)14-10-5-4-8(12)6-9(10)13/h4-7,14H,3,13H2,1-2H3. The number of anilines is 2. The van der Waals surface area contributed by atoms with Crippen LogP contribution < -0.4 is 11.1 Å². The van der Waals surface area contributed by atoms with E-state index in [-0.39, 0.29) is 11.7 Å². The molecule has 0 aliphatic carbocycles. The van der Waals surface area contributed by atoms with E-state index in [4.69, 9.17) is 10.5 Å². The highest BCUT2D eigenvalue weighted by atomic mass is 19.1. The van der Waals surface area contributed by atoms with E-state index in [0.717, 1.165) is 0 Å². The van der Waals surface area contributed by atoms with E-state index in [1.807, 2.05) is 0 Å². The van der Waals surface area contributed by atoms with E-state index in [1.165, 1.54) is 18.2 Å². The molecule has 88 valence electrons. The number of hydrogen-bond donors (Lipinski definition) is 2. The normalized spacial score (nSPS) is 11.9. The first kappa shape index (κ1) is 12.3. The Labute approximate surface area is 93.6 Å². The third-order valence-corrected chi connectivity index (χ3v) is 2.03. The van der Waals surface area contributed by atoms with E-state index in [9.17, 15) is 9.18 Å². The number of rotatable bonds is 4. The SMILES string of the molecule is CCOC(=O)C(C)Nc1ccc(F)cc1N. The average molecular weight is 226 g/mol. The second-order valence-corrected chi connectivity index (χ2v) is 3.35. The van der Waals surface area contributed by atoms with E-state index < -0.39 is 11.9 Å². The zero-order valence-electron chi connectivity index (χ0n) is 9.29. The lowest BCUT2D eigenvalue weighted by Gasteiger charge is -2.15. The van der Waals surface area contributed by atoms with Crippen LogP contribution in [0.2, 0.25) is 0 Å². The zero-order chi connectivity index (χ0) is 12.1. The summed E-state index contributed by atoms with van der Waals surface area (Å²) in [5.41, 5.74) is 6.37. The molecule has 0 saturated heterocycles. The highest BCUT2D eigenvalue weighted by Gasteiger charge is 2.14. The molecular formula is C11H15FN2O2. The van der Waals surface area contributed by atoms with E-state index in [1.54, 1.807) is 13.8 Å². The predicted octanol–water partition coefficient (Wildman–Crippen LogP) is 1.77. The van der Waals surface area contributed by atoms with Crippen LogP contribution in [0.1, 0.15) is 13.8 Å². The molecule has 0 fully saturated rings. The fourth-order valence-electron chi connectivity index (χ4n) is 1.22. The minimum absolute atomic E-state index is 0.260. The van der Waals surface area contributed by atoms with Crippen molar-refractivity contribution in [3.8, 4) is 0 Å². The first-order valence-electron chi connectivity index (χ1n) is 5.02. The second kappa shape index (κ2) is 5.34. The fraction of sp³-hybridized carbons (Fsp3) is 0.364. The molecule has 0 heterocycles. The topological polar surface area (TPSA) is 64.3 Å². The molecule has 0 amide bonds. The van der Waals surface area contributed by atoms with Gasteiger partial charge >= 0.3 is 5.97 Å². The molecule has 5 heteroatoms. The summed E-state index contributed by atoms with van der Waals surface area (Å²) >= 11 is 0. The monoisotopic (exact) mass is 226 g/mol. The summed E-state index contributed by atoms with van der Waals surface area (Å²) in [5, 5.41) is 2.86. The van der Waals surface area contributed by atoms with Gasteiger partial charge in [0.1, 0.15) is 11.9 Å². The molecular weight excluding hydrogens is 211 g/mol. The van der Waals surface area contributed by atoms with Crippen LogP contribution in [-0.2, 0) is 9.53 Å². The molecule has 0 bridgehead atoms. The van der Waals surface area contributed by atoms with Crippen LogP contribution in [-0.4, -0.2) is 18.6 Å². The van der Waals surface area contributed by atoms with Gasteiger partial charge in [-0.05, 0) is 32.0 Å². The molecule has 4 nitrogen and oxygen atoms in total. The van der Waals surface area contributed by atoms with Crippen LogP contribution in [0.5, 0.6) is 0 Å². The Kier molecular flexibility index (Phi) is 4.10. The summed E-state index contributed by atoms with van der Waals surface area (Å²) in [5.74, 6) is -0.780. The van der Waals surface area contributed by atoms with Gasteiger partial charge in [0.2, 0.25) is 0 Å². The number of halogens is 1. The number of benzene rings is 1. The van der Waals surface area contributed by atoms with Crippen molar-refractivity contribution in [3.63, 3.8) is 0 Å². The summed E-state index contributed by atoms with van der Waals surface area (Å²) in [6.07, 6.45) is 0. The van der Waals surface area contributed by atoms with E-state index >= 15 is 0 Å². The van der Waals surface area contributed by atoms with Gasteiger partial charge in [-0.25, -0.2) is 9.18 Å². The molecule has 0 saturated carbocycles. The first-order chi connectivity index (χ1) is 7.54. The van der Waals surface area contributed by atoms with Crippen molar-refractivity contribution in [1.82, 2.24) is 0 Å². The zero-order valence-corrected chi connectivity index (χ0v) is 9.29. The maximum absolute atomic E-state index is 12.8. The maximum atomic E-state index is 12.8. The van der Waals surface area contributed by atoms with E-state index in [2.05, 4.69) is 5.32 Å². The number of hydrogen-bond acceptors (Lipinski definition) is 4. The third-order valence-electron chi connectivity index (χ3n) is 2.03. The molecule has 1 aromatic carbocycles.